The SMILES string of the molecule is C[C@@H](Sc1nncs1)C(=O)NCc1ccnc(Oc2ccccc2)c1. The van der Waals surface area contributed by atoms with Gasteiger partial charge in [-0.3, -0.25) is 4.79 Å². The fourth-order valence-electron chi connectivity index (χ4n) is 1.98. The Kier molecular flexibility index (Phi) is 5.97. The summed E-state index contributed by atoms with van der Waals surface area (Å²) >= 11 is 2.82. The van der Waals surface area contributed by atoms with Crippen molar-refractivity contribution in [2.24, 2.45) is 0 Å². The van der Waals surface area contributed by atoms with E-state index in [9.17, 15) is 4.79 Å². The van der Waals surface area contributed by atoms with Crippen molar-refractivity contribution in [1.82, 2.24) is 20.5 Å². The molecule has 8 heteroatoms. The number of thioether (sulfide) groups is 1. The summed E-state index contributed by atoms with van der Waals surface area (Å²) in [5.41, 5.74) is 2.57. The molecular formula is C17H16N4O2S2. The molecule has 0 fully saturated rings. The van der Waals surface area contributed by atoms with Gasteiger partial charge in [0.05, 0.1) is 5.25 Å². The number of ether oxygens (including phenoxy) is 1. The number of rotatable bonds is 7. The molecule has 0 spiro atoms. The standard InChI is InChI=1S/C17H16N4O2S2/c1-12(25-17-21-20-11-24-17)16(22)19-10-13-7-8-18-15(9-13)23-14-5-3-2-4-6-14/h2-9,11-12H,10H2,1H3,(H,19,22)/t12-/m1/s1. The lowest BCUT2D eigenvalue weighted by molar-refractivity contribution is -0.120. The highest BCUT2D eigenvalue weighted by Gasteiger charge is 2.15. The molecular weight excluding hydrogens is 356 g/mol. The highest BCUT2D eigenvalue weighted by Crippen LogP contribution is 2.24. The smallest absolute Gasteiger partial charge is 0.233 e. The molecule has 128 valence electrons. The first-order valence-corrected chi connectivity index (χ1v) is 9.35. The van der Waals surface area contributed by atoms with E-state index in [1.54, 1.807) is 11.7 Å². The molecule has 0 saturated heterocycles. The van der Waals surface area contributed by atoms with E-state index in [-0.39, 0.29) is 11.2 Å². The zero-order chi connectivity index (χ0) is 17.5. The quantitative estimate of drug-likeness (QED) is 0.640. The molecule has 2 aromatic heterocycles. The third-order valence-corrected chi connectivity index (χ3v) is 5.13. The normalized spacial score (nSPS) is 11.7. The number of pyridine rings is 1. The Balaban J connectivity index is 1.54. The van der Waals surface area contributed by atoms with Crippen molar-refractivity contribution in [1.29, 1.82) is 0 Å². The third-order valence-electron chi connectivity index (χ3n) is 3.22. The van der Waals surface area contributed by atoms with Crippen molar-refractivity contribution in [3.8, 4) is 11.6 Å². The van der Waals surface area contributed by atoms with Crippen LogP contribution in [0.3, 0.4) is 0 Å². The maximum absolute atomic E-state index is 12.2. The molecule has 1 amide bonds. The number of hydrogen-bond donors (Lipinski definition) is 1. The molecule has 0 unspecified atom stereocenters. The number of aromatic nitrogens is 3. The van der Waals surface area contributed by atoms with Gasteiger partial charge in [0.15, 0.2) is 4.34 Å². The largest absolute Gasteiger partial charge is 0.439 e. The minimum atomic E-state index is -0.241. The number of nitrogens with one attached hydrogen (secondary N) is 1. The first-order valence-electron chi connectivity index (χ1n) is 7.59. The van der Waals surface area contributed by atoms with Gasteiger partial charge < -0.3 is 10.1 Å². The van der Waals surface area contributed by atoms with E-state index in [1.807, 2.05) is 49.4 Å². The summed E-state index contributed by atoms with van der Waals surface area (Å²) in [5.74, 6) is 1.16. The summed E-state index contributed by atoms with van der Waals surface area (Å²) in [7, 11) is 0. The molecule has 3 rings (SSSR count). The number of amides is 1. The fraction of sp³-hybridized carbons (Fsp3) is 0.176. The highest BCUT2D eigenvalue weighted by molar-refractivity contribution is 8.02. The van der Waals surface area contributed by atoms with Crippen LogP contribution in [0.5, 0.6) is 11.6 Å². The lowest BCUT2D eigenvalue weighted by Crippen LogP contribution is -2.30. The van der Waals surface area contributed by atoms with E-state index in [0.29, 0.717) is 12.4 Å². The fourth-order valence-corrected chi connectivity index (χ4v) is 3.63. The van der Waals surface area contributed by atoms with Crippen LogP contribution in [0.15, 0.2) is 58.5 Å². The van der Waals surface area contributed by atoms with Gasteiger partial charge in [0, 0.05) is 18.8 Å². The predicted molar refractivity (Wildman–Crippen MR) is 97.8 cm³/mol. The lowest BCUT2D eigenvalue weighted by Gasteiger charge is -2.11. The monoisotopic (exact) mass is 372 g/mol. The van der Waals surface area contributed by atoms with E-state index in [1.165, 1.54) is 23.1 Å². The number of benzene rings is 1. The van der Waals surface area contributed by atoms with Crippen LogP contribution in [-0.4, -0.2) is 26.3 Å². The zero-order valence-corrected chi connectivity index (χ0v) is 15.1. The van der Waals surface area contributed by atoms with Crippen LogP contribution in [0.1, 0.15) is 12.5 Å². The van der Waals surface area contributed by atoms with Gasteiger partial charge in [-0.1, -0.05) is 41.3 Å². The van der Waals surface area contributed by atoms with Crippen molar-refractivity contribution < 1.29 is 9.53 Å². The van der Waals surface area contributed by atoms with Crippen LogP contribution < -0.4 is 10.1 Å². The van der Waals surface area contributed by atoms with Crippen molar-refractivity contribution in [3.63, 3.8) is 0 Å². The molecule has 6 nitrogen and oxygen atoms in total. The molecule has 3 aromatic rings. The molecule has 0 radical (unpaired) electrons. The molecule has 1 N–H and O–H groups in total. The molecule has 25 heavy (non-hydrogen) atoms. The summed E-state index contributed by atoms with van der Waals surface area (Å²) < 4.78 is 6.48. The maximum atomic E-state index is 12.2. The molecule has 1 aromatic carbocycles. The summed E-state index contributed by atoms with van der Waals surface area (Å²) in [4.78, 5) is 16.4. The number of para-hydroxylation sites is 1. The van der Waals surface area contributed by atoms with Crippen molar-refractivity contribution >= 4 is 29.0 Å². The number of nitrogens with zero attached hydrogens (tertiary/aromatic N) is 3. The predicted octanol–water partition coefficient (Wildman–Crippen LogP) is 3.52. The van der Waals surface area contributed by atoms with Gasteiger partial charge in [-0.2, -0.15) is 0 Å². The van der Waals surface area contributed by atoms with Gasteiger partial charge in [-0.15, -0.1) is 10.2 Å². The van der Waals surface area contributed by atoms with Crippen LogP contribution in [0.4, 0.5) is 0 Å². The molecule has 0 aliphatic carbocycles. The zero-order valence-electron chi connectivity index (χ0n) is 13.5. The molecule has 0 saturated carbocycles. The van der Waals surface area contributed by atoms with Gasteiger partial charge in [0.1, 0.15) is 11.3 Å². The Morgan fingerprint density at radius 2 is 2.16 bits per heavy atom. The Morgan fingerprint density at radius 3 is 2.92 bits per heavy atom. The van der Waals surface area contributed by atoms with Gasteiger partial charge in [-0.05, 0) is 30.7 Å². The van der Waals surface area contributed by atoms with Crippen molar-refractivity contribution in [3.05, 3.63) is 59.7 Å². The van der Waals surface area contributed by atoms with E-state index >= 15 is 0 Å². The van der Waals surface area contributed by atoms with Crippen LogP contribution in [0, 0.1) is 0 Å². The van der Waals surface area contributed by atoms with Crippen LogP contribution in [0.25, 0.3) is 0 Å². The van der Waals surface area contributed by atoms with Gasteiger partial charge in [0.2, 0.25) is 11.8 Å². The average Bonchev–Trinajstić information content (AvgIpc) is 3.14. The molecule has 2 heterocycles. The Morgan fingerprint density at radius 1 is 1.32 bits per heavy atom. The minimum Gasteiger partial charge on any atom is -0.439 e. The second kappa shape index (κ2) is 8.59. The van der Waals surface area contributed by atoms with Gasteiger partial charge in [0.25, 0.3) is 0 Å². The minimum absolute atomic E-state index is 0.0532. The summed E-state index contributed by atoms with van der Waals surface area (Å²) in [6.07, 6.45) is 1.67. The van der Waals surface area contributed by atoms with Crippen LogP contribution in [-0.2, 0) is 11.3 Å². The van der Waals surface area contributed by atoms with Gasteiger partial charge in [-0.25, -0.2) is 4.98 Å². The van der Waals surface area contributed by atoms with Gasteiger partial charge >= 0.3 is 0 Å². The molecule has 0 bridgehead atoms. The first-order chi connectivity index (χ1) is 12.2. The second-order valence-electron chi connectivity index (χ2n) is 5.10. The van der Waals surface area contributed by atoms with E-state index in [4.69, 9.17) is 4.74 Å². The topological polar surface area (TPSA) is 77.0 Å². The summed E-state index contributed by atoms with van der Waals surface area (Å²) in [6, 6.07) is 13.1. The summed E-state index contributed by atoms with van der Waals surface area (Å²) in [5, 5.41) is 10.4. The molecule has 0 aliphatic rings. The first kappa shape index (κ1) is 17.4. The maximum Gasteiger partial charge on any atom is 0.233 e. The number of carbonyl (C=O) groups excluding carboxylic acids is 1. The Hall–Kier alpha value is -2.45. The molecule has 0 aliphatic heterocycles. The highest BCUT2D eigenvalue weighted by atomic mass is 32.2. The second-order valence-corrected chi connectivity index (χ2v) is 7.52. The number of carbonyl (C=O) groups is 1. The Bertz CT molecular complexity index is 813. The number of hydrogen-bond acceptors (Lipinski definition) is 7. The lowest BCUT2D eigenvalue weighted by atomic mass is 10.2. The molecule has 1 atom stereocenters. The van der Waals surface area contributed by atoms with Crippen LogP contribution >= 0.6 is 23.1 Å². The third kappa shape index (κ3) is 5.27. The Labute approximate surface area is 153 Å². The van der Waals surface area contributed by atoms with E-state index in [0.717, 1.165) is 15.7 Å². The van der Waals surface area contributed by atoms with E-state index < -0.39 is 0 Å². The van der Waals surface area contributed by atoms with Crippen molar-refractivity contribution in [2.75, 3.05) is 0 Å². The average molecular weight is 372 g/mol. The van der Waals surface area contributed by atoms with Crippen molar-refractivity contribution in [2.45, 2.75) is 23.1 Å². The van der Waals surface area contributed by atoms with Crippen LogP contribution in [0.2, 0.25) is 0 Å². The van der Waals surface area contributed by atoms with E-state index in [2.05, 4.69) is 20.5 Å². The summed E-state index contributed by atoms with van der Waals surface area (Å²) in [6.45, 7) is 2.26.